The lowest BCUT2D eigenvalue weighted by atomic mass is 9.92. The molecule has 1 aromatic carbocycles. The molecule has 0 spiro atoms. The minimum Gasteiger partial charge on any atom is -0.388 e. The standard InChI is InChI=1S/C15H19ClFNO/c1-10-7-15(19,9-18(10)13-4-5-13)8-11-2-3-12(16)6-14(11)17/h2-3,6,10,13,19H,4-5,7-9H2,1H3. The van der Waals surface area contributed by atoms with Gasteiger partial charge in [-0.25, -0.2) is 4.39 Å². The van der Waals surface area contributed by atoms with Gasteiger partial charge in [-0.15, -0.1) is 0 Å². The van der Waals surface area contributed by atoms with Crippen LogP contribution in [-0.2, 0) is 6.42 Å². The van der Waals surface area contributed by atoms with Crippen LogP contribution in [0.15, 0.2) is 18.2 Å². The smallest absolute Gasteiger partial charge is 0.127 e. The third-order valence-electron chi connectivity index (χ3n) is 4.27. The summed E-state index contributed by atoms with van der Waals surface area (Å²) in [5.41, 5.74) is -0.256. The second-order valence-electron chi connectivity index (χ2n) is 6.09. The zero-order valence-corrected chi connectivity index (χ0v) is 11.8. The Hall–Kier alpha value is -0.640. The van der Waals surface area contributed by atoms with Gasteiger partial charge >= 0.3 is 0 Å². The van der Waals surface area contributed by atoms with Gasteiger partial charge in [-0.1, -0.05) is 17.7 Å². The monoisotopic (exact) mass is 283 g/mol. The van der Waals surface area contributed by atoms with Crippen LogP contribution in [0.1, 0.15) is 31.7 Å². The summed E-state index contributed by atoms with van der Waals surface area (Å²) in [7, 11) is 0. The number of benzene rings is 1. The highest BCUT2D eigenvalue weighted by Crippen LogP contribution is 2.38. The van der Waals surface area contributed by atoms with Crippen molar-refractivity contribution in [3.05, 3.63) is 34.6 Å². The first-order chi connectivity index (χ1) is 8.97. The van der Waals surface area contributed by atoms with Gasteiger partial charge in [0.2, 0.25) is 0 Å². The zero-order valence-electron chi connectivity index (χ0n) is 11.1. The Balaban J connectivity index is 1.75. The molecule has 2 fully saturated rings. The van der Waals surface area contributed by atoms with Crippen LogP contribution in [0.25, 0.3) is 0 Å². The first-order valence-electron chi connectivity index (χ1n) is 6.89. The van der Waals surface area contributed by atoms with Crippen LogP contribution in [0.3, 0.4) is 0 Å². The molecule has 1 heterocycles. The summed E-state index contributed by atoms with van der Waals surface area (Å²) in [5.74, 6) is -0.321. The van der Waals surface area contributed by atoms with Crippen molar-refractivity contribution in [1.82, 2.24) is 4.90 Å². The van der Waals surface area contributed by atoms with Crippen LogP contribution in [0.4, 0.5) is 4.39 Å². The number of likely N-dealkylation sites (tertiary alicyclic amines) is 1. The van der Waals surface area contributed by atoms with E-state index in [0.29, 0.717) is 42.1 Å². The van der Waals surface area contributed by atoms with E-state index in [1.807, 2.05) is 0 Å². The van der Waals surface area contributed by atoms with Crippen LogP contribution in [-0.4, -0.2) is 34.2 Å². The average molecular weight is 284 g/mol. The van der Waals surface area contributed by atoms with Crippen molar-refractivity contribution in [3.8, 4) is 0 Å². The summed E-state index contributed by atoms with van der Waals surface area (Å²) in [4.78, 5) is 2.37. The Kier molecular flexibility index (Phi) is 3.32. The fourth-order valence-corrected chi connectivity index (χ4v) is 3.43. The predicted molar refractivity (Wildman–Crippen MR) is 73.9 cm³/mol. The molecule has 4 heteroatoms. The SMILES string of the molecule is CC1CC(O)(Cc2ccc(Cl)cc2F)CN1C1CC1. The number of β-amino-alcohol motifs (C(OH)–C–C–N with tert-alkyl or cyclic N) is 1. The molecule has 0 aromatic heterocycles. The van der Waals surface area contributed by atoms with E-state index in [9.17, 15) is 9.50 Å². The van der Waals surface area contributed by atoms with Gasteiger partial charge < -0.3 is 5.11 Å². The summed E-state index contributed by atoms with van der Waals surface area (Å²) < 4.78 is 13.8. The Morgan fingerprint density at radius 1 is 1.47 bits per heavy atom. The molecule has 1 N–H and O–H groups in total. The highest BCUT2D eigenvalue weighted by molar-refractivity contribution is 6.30. The molecule has 1 saturated heterocycles. The molecule has 3 rings (SSSR count). The van der Waals surface area contributed by atoms with Crippen molar-refractivity contribution in [2.45, 2.75) is 50.3 Å². The van der Waals surface area contributed by atoms with Gasteiger partial charge in [-0.05, 0) is 43.9 Å². The number of halogens is 2. The van der Waals surface area contributed by atoms with E-state index >= 15 is 0 Å². The molecule has 19 heavy (non-hydrogen) atoms. The van der Waals surface area contributed by atoms with Crippen molar-refractivity contribution in [2.75, 3.05) is 6.54 Å². The molecule has 0 bridgehead atoms. The third-order valence-corrected chi connectivity index (χ3v) is 4.50. The molecule has 0 amide bonds. The van der Waals surface area contributed by atoms with Gasteiger partial charge in [-0.3, -0.25) is 4.90 Å². The van der Waals surface area contributed by atoms with E-state index in [1.165, 1.54) is 18.9 Å². The molecule has 1 saturated carbocycles. The van der Waals surface area contributed by atoms with E-state index in [1.54, 1.807) is 12.1 Å². The lowest BCUT2D eigenvalue weighted by Crippen LogP contribution is -2.36. The Morgan fingerprint density at radius 2 is 2.21 bits per heavy atom. The van der Waals surface area contributed by atoms with E-state index in [4.69, 9.17) is 11.6 Å². The van der Waals surface area contributed by atoms with Crippen molar-refractivity contribution in [1.29, 1.82) is 0 Å². The molecule has 1 aliphatic heterocycles. The van der Waals surface area contributed by atoms with Crippen LogP contribution in [0.5, 0.6) is 0 Å². The lowest BCUT2D eigenvalue weighted by molar-refractivity contribution is 0.0478. The summed E-state index contributed by atoms with van der Waals surface area (Å²) in [6, 6.07) is 5.70. The summed E-state index contributed by atoms with van der Waals surface area (Å²) in [6.07, 6.45) is 3.54. The normalized spacial score (nSPS) is 31.9. The molecular formula is C15H19ClFNO. The maximum absolute atomic E-state index is 13.8. The van der Waals surface area contributed by atoms with Crippen molar-refractivity contribution < 1.29 is 9.50 Å². The van der Waals surface area contributed by atoms with Gasteiger partial charge in [0.25, 0.3) is 0 Å². The number of hydrogen-bond acceptors (Lipinski definition) is 2. The summed E-state index contributed by atoms with van der Waals surface area (Å²) in [5, 5.41) is 11.1. The largest absolute Gasteiger partial charge is 0.388 e. The highest BCUT2D eigenvalue weighted by atomic mass is 35.5. The number of nitrogens with zero attached hydrogens (tertiary/aromatic N) is 1. The van der Waals surface area contributed by atoms with Gasteiger partial charge in [0.05, 0.1) is 5.60 Å². The fraction of sp³-hybridized carbons (Fsp3) is 0.600. The second kappa shape index (κ2) is 4.72. The summed E-state index contributed by atoms with van der Waals surface area (Å²) in [6.45, 7) is 2.80. The van der Waals surface area contributed by atoms with Gasteiger partial charge in [0.1, 0.15) is 5.82 Å². The molecule has 0 radical (unpaired) electrons. The highest BCUT2D eigenvalue weighted by Gasteiger charge is 2.46. The average Bonchev–Trinajstić information content (AvgIpc) is 3.10. The quantitative estimate of drug-likeness (QED) is 0.922. The number of rotatable bonds is 3. The molecule has 2 atom stereocenters. The van der Waals surface area contributed by atoms with Crippen LogP contribution >= 0.6 is 11.6 Å². The fourth-order valence-electron chi connectivity index (χ4n) is 3.27. The predicted octanol–water partition coefficient (Wildman–Crippen LogP) is 3.01. The Morgan fingerprint density at radius 3 is 2.84 bits per heavy atom. The first-order valence-corrected chi connectivity index (χ1v) is 7.27. The maximum Gasteiger partial charge on any atom is 0.127 e. The second-order valence-corrected chi connectivity index (χ2v) is 6.53. The molecule has 104 valence electrons. The van der Waals surface area contributed by atoms with Gasteiger partial charge in [-0.2, -0.15) is 0 Å². The van der Waals surface area contributed by atoms with Gasteiger partial charge in [0, 0.05) is 30.1 Å². The molecule has 2 aliphatic rings. The van der Waals surface area contributed by atoms with Crippen LogP contribution in [0.2, 0.25) is 5.02 Å². The van der Waals surface area contributed by atoms with E-state index in [-0.39, 0.29) is 5.82 Å². The molecular weight excluding hydrogens is 265 g/mol. The Labute approximate surface area is 118 Å². The third kappa shape index (κ3) is 2.78. The van der Waals surface area contributed by atoms with Gasteiger partial charge in [0.15, 0.2) is 0 Å². The van der Waals surface area contributed by atoms with Crippen LogP contribution in [0, 0.1) is 5.82 Å². The number of aliphatic hydroxyl groups is 1. The lowest BCUT2D eigenvalue weighted by Gasteiger charge is -2.24. The molecule has 1 aromatic rings. The van der Waals surface area contributed by atoms with Crippen molar-refractivity contribution >= 4 is 11.6 Å². The maximum atomic E-state index is 13.8. The van der Waals surface area contributed by atoms with Crippen molar-refractivity contribution in [3.63, 3.8) is 0 Å². The number of hydrogen-bond donors (Lipinski definition) is 1. The molecule has 2 unspecified atom stereocenters. The van der Waals surface area contributed by atoms with Crippen LogP contribution < -0.4 is 0 Å². The topological polar surface area (TPSA) is 23.5 Å². The first kappa shape index (κ1) is 13.3. The van der Waals surface area contributed by atoms with E-state index in [0.717, 1.165) is 0 Å². The minimum atomic E-state index is -0.809. The zero-order chi connectivity index (χ0) is 13.6. The minimum absolute atomic E-state index is 0.321. The molecule has 1 aliphatic carbocycles. The summed E-state index contributed by atoms with van der Waals surface area (Å²) >= 11 is 5.75. The van der Waals surface area contributed by atoms with E-state index in [2.05, 4.69) is 11.8 Å². The van der Waals surface area contributed by atoms with Crippen molar-refractivity contribution in [2.24, 2.45) is 0 Å². The molecule has 2 nitrogen and oxygen atoms in total. The Bertz CT molecular complexity index is 491. The van der Waals surface area contributed by atoms with E-state index < -0.39 is 5.60 Å².